The average molecular weight is 281 g/mol. The second-order valence-electron chi connectivity index (χ2n) is 6.31. The van der Waals surface area contributed by atoms with E-state index in [1.807, 2.05) is 11.8 Å². The zero-order valence-corrected chi connectivity index (χ0v) is 12.4. The molecular formula is C15H27N3O2. The van der Waals surface area contributed by atoms with Gasteiger partial charge in [-0.15, -0.1) is 0 Å². The highest BCUT2D eigenvalue weighted by Gasteiger charge is 2.32. The summed E-state index contributed by atoms with van der Waals surface area (Å²) in [5, 5.41) is 3.10. The molecule has 0 bridgehead atoms. The third-order valence-electron chi connectivity index (χ3n) is 4.19. The average Bonchev–Trinajstić information content (AvgIpc) is 3.23. The molecule has 2 rings (SSSR count). The van der Waals surface area contributed by atoms with Gasteiger partial charge in [-0.1, -0.05) is 0 Å². The van der Waals surface area contributed by atoms with E-state index in [0.29, 0.717) is 6.42 Å². The molecule has 1 saturated heterocycles. The molecule has 3 N–H and O–H groups in total. The van der Waals surface area contributed by atoms with E-state index in [4.69, 9.17) is 5.73 Å². The van der Waals surface area contributed by atoms with E-state index < -0.39 is 0 Å². The summed E-state index contributed by atoms with van der Waals surface area (Å²) in [5.41, 5.74) is 5.69. The third-order valence-corrected chi connectivity index (χ3v) is 4.19. The highest BCUT2D eigenvalue weighted by molar-refractivity contribution is 5.81. The minimum Gasteiger partial charge on any atom is -0.353 e. The lowest BCUT2D eigenvalue weighted by molar-refractivity contribution is -0.132. The lowest BCUT2D eigenvalue weighted by Gasteiger charge is -2.32. The molecule has 1 atom stereocenters. The van der Waals surface area contributed by atoms with Crippen LogP contribution in [0.1, 0.15) is 51.9 Å². The third kappa shape index (κ3) is 4.78. The summed E-state index contributed by atoms with van der Waals surface area (Å²) in [4.78, 5) is 25.6. The number of rotatable bonds is 6. The van der Waals surface area contributed by atoms with Crippen molar-refractivity contribution in [2.75, 3.05) is 13.1 Å². The fourth-order valence-corrected chi connectivity index (χ4v) is 2.67. The number of carbonyl (C=O) groups excluding carboxylic acids is 2. The largest absolute Gasteiger partial charge is 0.353 e. The number of nitrogens with two attached hydrogens (primary N) is 1. The molecule has 5 nitrogen and oxygen atoms in total. The van der Waals surface area contributed by atoms with E-state index in [1.165, 1.54) is 0 Å². The Hall–Kier alpha value is -1.10. The first-order valence-electron chi connectivity index (χ1n) is 7.90. The number of hydrogen-bond acceptors (Lipinski definition) is 3. The van der Waals surface area contributed by atoms with E-state index in [2.05, 4.69) is 5.32 Å². The molecule has 20 heavy (non-hydrogen) atoms. The van der Waals surface area contributed by atoms with Crippen LogP contribution in [0.2, 0.25) is 0 Å². The normalized spacial score (nSPS) is 21.6. The zero-order valence-electron chi connectivity index (χ0n) is 12.4. The first-order valence-corrected chi connectivity index (χ1v) is 7.90. The molecule has 0 aromatic carbocycles. The van der Waals surface area contributed by atoms with Crippen molar-refractivity contribution in [2.45, 2.75) is 64.0 Å². The van der Waals surface area contributed by atoms with Gasteiger partial charge in [-0.3, -0.25) is 9.59 Å². The Kier molecular flexibility index (Phi) is 5.40. The van der Waals surface area contributed by atoms with Crippen LogP contribution in [0.25, 0.3) is 0 Å². The van der Waals surface area contributed by atoms with Gasteiger partial charge in [-0.05, 0) is 45.4 Å². The van der Waals surface area contributed by atoms with Crippen molar-refractivity contribution >= 4 is 11.8 Å². The summed E-state index contributed by atoms with van der Waals surface area (Å²) in [7, 11) is 0. The van der Waals surface area contributed by atoms with Crippen molar-refractivity contribution in [3.05, 3.63) is 0 Å². The van der Waals surface area contributed by atoms with Crippen molar-refractivity contribution in [1.29, 1.82) is 0 Å². The SMILES string of the molecule is CC(N)CCCC(=O)N1CCC(NC(=O)C2CC2)CC1. The van der Waals surface area contributed by atoms with Gasteiger partial charge in [0.05, 0.1) is 0 Å². The Morgan fingerprint density at radius 1 is 1.25 bits per heavy atom. The van der Waals surface area contributed by atoms with Gasteiger partial charge >= 0.3 is 0 Å². The lowest BCUT2D eigenvalue weighted by atomic mass is 10.0. The maximum absolute atomic E-state index is 12.0. The number of amides is 2. The number of piperidine rings is 1. The minimum absolute atomic E-state index is 0.172. The van der Waals surface area contributed by atoms with Crippen molar-refractivity contribution in [3.63, 3.8) is 0 Å². The van der Waals surface area contributed by atoms with Gasteiger partial charge in [0.2, 0.25) is 11.8 Å². The Labute approximate surface area is 121 Å². The standard InChI is InChI=1S/C15H27N3O2/c1-11(16)3-2-4-14(19)18-9-7-13(8-10-18)17-15(20)12-5-6-12/h11-13H,2-10,16H2,1H3,(H,17,20). The van der Waals surface area contributed by atoms with E-state index in [-0.39, 0.29) is 29.8 Å². The Balaban J connectivity index is 1.62. The summed E-state index contributed by atoms with van der Waals surface area (Å²) in [6.07, 6.45) is 6.23. The molecule has 1 aliphatic heterocycles. The van der Waals surface area contributed by atoms with Gasteiger partial charge in [0.1, 0.15) is 0 Å². The Morgan fingerprint density at radius 3 is 2.45 bits per heavy atom. The molecule has 1 saturated carbocycles. The van der Waals surface area contributed by atoms with Crippen LogP contribution in [0.4, 0.5) is 0 Å². The van der Waals surface area contributed by atoms with Crippen molar-refractivity contribution in [1.82, 2.24) is 10.2 Å². The Morgan fingerprint density at radius 2 is 1.90 bits per heavy atom. The van der Waals surface area contributed by atoms with Crippen LogP contribution in [-0.4, -0.2) is 41.9 Å². The van der Waals surface area contributed by atoms with Gasteiger partial charge < -0.3 is 16.0 Å². The number of carbonyl (C=O) groups is 2. The Bertz CT molecular complexity index is 345. The van der Waals surface area contributed by atoms with Crippen LogP contribution in [0.5, 0.6) is 0 Å². The molecule has 0 aromatic heterocycles. The van der Waals surface area contributed by atoms with Crippen LogP contribution in [0.15, 0.2) is 0 Å². The van der Waals surface area contributed by atoms with E-state index in [0.717, 1.165) is 51.6 Å². The maximum atomic E-state index is 12.0. The molecule has 1 heterocycles. The van der Waals surface area contributed by atoms with Crippen molar-refractivity contribution in [2.24, 2.45) is 11.7 Å². The summed E-state index contributed by atoms with van der Waals surface area (Å²) in [5.74, 6) is 0.720. The molecule has 0 aromatic rings. The van der Waals surface area contributed by atoms with Crippen LogP contribution < -0.4 is 11.1 Å². The quantitative estimate of drug-likeness (QED) is 0.763. The first-order chi connectivity index (χ1) is 9.56. The number of likely N-dealkylation sites (tertiary alicyclic amines) is 1. The molecule has 0 spiro atoms. The van der Waals surface area contributed by atoms with Crippen LogP contribution in [-0.2, 0) is 9.59 Å². The molecule has 5 heteroatoms. The molecular weight excluding hydrogens is 254 g/mol. The van der Waals surface area contributed by atoms with Crippen LogP contribution >= 0.6 is 0 Å². The minimum atomic E-state index is 0.172. The summed E-state index contributed by atoms with van der Waals surface area (Å²) in [6.45, 7) is 3.51. The summed E-state index contributed by atoms with van der Waals surface area (Å²) in [6, 6.07) is 0.433. The topological polar surface area (TPSA) is 75.4 Å². The molecule has 1 unspecified atom stereocenters. The van der Waals surface area contributed by atoms with E-state index in [1.54, 1.807) is 0 Å². The highest BCUT2D eigenvalue weighted by atomic mass is 16.2. The molecule has 0 radical (unpaired) electrons. The molecule has 2 amide bonds. The molecule has 2 fully saturated rings. The second kappa shape index (κ2) is 7.07. The molecule has 2 aliphatic rings. The highest BCUT2D eigenvalue weighted by Crippen LogP contribution is 2.29. The van der Waals surface area contributed by atoms with Gasteiger partial charge in [0, 0.05) is 37.5 Å². The molecule has 114 valence electrons. The van der Waals surface area contributed by atoms with Crippen molar-refractivity contribution < 1.29 is 9.59 Å². The van der Waals surface area contributed by atoms with Crippen LogP contribution in [0.3, 0.4) is 0 Å². The summed E-state index contributed by atoms with van der Waals surface area (Å²) < 4.78 is 0. The monoisotopic (exact) mass is 281 g/mol. The zero-order chi connectivity index (χ0) is 14.5. The fraction of sp³-hybridized carbons (Fsp3) is 0.867. The van der Waals surface area contributed by atoms with E-state index >= 15 is 0 Å². The maximum Gasteiger partial charge on any atom is 0.223 e. The smallest absolute Gasteiger partial charge is 0.223 e. The number of nitrogens with one attached hydrogen (secondary N) is 1. The van der Waals surface area contributed by atoms with Gasteiger partial charge in [0.15, 0.2) is 0 Å². The van der Waals surface area contributed by atoms with Gasteiger partial charge in [-0.2, -0.15) is 0 Å². The number of nitrogens with zero attached hydrogens (tertiary/aromatic N) is 1. The molecule has 1 aliphatic carbocycles. The second-order valence-corrected chi connectivity index (χ2v) is 6.31. The van der Waals surface area contributed by atoms with E-state index in [9.17, 15) is 9.59 Å². The lowest BCUT2D eigenvalue weighted by Crippen LogP contribution is -2.46. The van der Waals surface area contributed by atoms with Crippen LogP contribution in [0, 0.1) is 5.92 Å². The number of hydrogen-bond donors (Lipinski definition) is 2. The van der Waals surface area contributed by atoms with Gasteiger partial charge in [-0.25, -0.2) is 0 Å². The predicted molar refractivity (Wildman–Crippen MR) is 78.0 cm³/mol. The first kappa shape index (κ1) is 15.3. The van der Waals surface area contributed by atoms with Crippen molar-refractivity contribution in [3.8, 4) is 0 Å². The fourth-order valence-electron chi connectivity index (χ4n) is 2.67. The predicted octanol–water partition coefficient (Wildman–Crippen LogP) is 1.02. The van der Waals surface area contributed by atoms with Gasteiger partial charge in [0.25, 0.3) is 0 Å². The summed E-state index contributed by atoms with van der Waals surface area (Å²) >= 11 is 0.